The van der Waals surface area contributed by atoms with E-state index < -0.39 is 0 Å². The molecule has 0 atom stereocenters. The minimum atomic E-state index is 0.913. The zero-order valence-electron chi connectivity index (χ0n) is 17.1. The van der Waals surface area contributed by atoms with Gasteiger partial charge >= 0.3 is 0 Å². The Morgan fingerprint density at radius 3 is 2.71 bits per heavy atom. The van der Waals surface area contributed by atoms with E-state index in [1.165, 1.54) is 33.5 Å². The Bertz CT molecular complexity index is 963. The van der Waals surface area contributed by atoms with Crippen LogP contribution in [0.3, 0.4) is 0 Å². The number of nitrogens with zero attached hydrogens (tertiary/aromatic N) is 4. The molecule has 1 aliphatic heterocycles. The molecule has 3 aromatic rings. The van der Waals surface area contributed by atoms with Crippen LogP contribution in [0.2, 0.25) is 0 Å². The molecule has 0 spiro atoms. The van der Waals surface area contributed by atoms with Crippen LogP contribution >= 0.6 is 0 Å². The van der Waals surface area contributed by atoms with Crippen LogP contribution in [0.1, 0.15) is 47.1 Å². The fourth-order valence-corrected chi connectivity index (χ4v) is 3.86. The molecule has 0 unspecified atom stereocenters. The second kappa shape index (κ2) is 8.19. The lowest BCUT2D eigenvalue weighted by atomic mass is 10.0. The van der Waals surface area contributed by atoms with Crippen molar-refractivity contribution >= 4 is 0 Å². The smallest absolute Gasteiger partial charge is 0.128 e. The molecule has 0 saturated heterocycles. The minimum Gasteiger partial charge on any atom is -0.294 e. The summed E-state index contributed by atoms with van der Waals surface area (Å²) in [6.45, 7) is 9.35. The van der Waals surface area contributed by atoms with E-state index in [2.05, 4.69) is 61.0 Å². The Hall–Kier alpha value is -2.59. The number of aromatic nitrogens is 3. The molecule has 0 amide bonds. The fraction of sp³-hybridized carbons (Fsp3) is 0.375. The number of aryl methyl sites for hydroxylation is 2. The lowest BCUT2D eigenvalue weighted by Gasteiger charge is -2.28. The summed E-state index contributed by atoms with van der Waals surface area (Å²) < 4.78 is 0. The first-order valence-electron chi connectivity index (χ1n) is 10.2. The number of benzene rings is 1. The zero-order valence-corrected chi connectivity index (χ0v) is 17.1. The first-order valence-corrected chi connectivity index (χ1v) is 10.2. The van der Waals surface area contributed by atoms with Crippen LogP contribution in [0.4, 0.5) is 0 Å². The number of hydrogen-bond donors (Lipinski definition) is 0. The van der Waals surface area contributed by atoms with Crippen LogP contribution in [0.25, 0.3) is 11.3 Å². The highest BCUT2D eigenvalue weighted by Crippen LogP contribution is 2.24. The van der Waals surface area contributed by atoms with Crippen LogP contribution < -0.4 is 0 Å². The molecule has 28 heavy (non-hydrogen) atoms. The molecular formula is C24H28N4. The summed E-state index contributed by atoms with van der Waals surface area (Å²) in [6, 6.07) is 10.8. The highest BCUT2D eigenvalue weighted by molar-refractivity contribution is 5.64. The van der Waals surface area contributed by atoms with E-state index in [0.717, 1.165) is 50.4 Å². The van der Waals surface area contributed by atoms with Crippen molar-refractivity contribution in [2.75, 3.05) is 6.54 Å². The van der Waals surface area contributed by atoms with Crippen molar-refractivity contribution in [1.29, 1.82) is 0 Å². The Morgan fingerprint density at radius 1 is 1.04 bits per heavy atom. The Morgan fingerprint density at radius 2 is 1.93 bits per heavy atom. The molecule has 0 N–H and O–H groups in total. The van der Waals surface area contributed by atoms with Gasteiger partial charge in [-0.3, -0.25) is 9.88 Å². The largest absolute Gasteiger partial charge is 0.294 e. The van der Waals surface area contributed by atoms with Gasteiger partial charge in [0.1, 0.15) is 5.82 Å². The molecule has 0 bridgehead atoms. The predicted octanol–water partition coefficient (Wildman–Crippen LogP) is 4.67. The van der Waals surface area contributed by atoms with Gasteiger partial charge in [0, 0.05) is 61.7 Å². The molecule has 4 rings (SSSR count). The third-order valence-corrected chi connectivity index (χ3v) is 5.65. The first kappa shape index (κ1) is 18.8. The summed E-state index contributed by atoms with van der Waals surface area (Å²) in [5, 5.41) is 0. The summed E-state index contributed by atoms with van der Waals surface area (Å²) >= 11 is 0. The van der Waals surface area contributed by atoms with Gasteiger partial charge < -0.3 is 0 Å². The molecule has 3 heterocycles. The van der Waals surface area contributed by atoms with E-state index in [4.69, 9.17) is 9.97 Å². The van der Waals surface area contributed by atoms with Gasteiger partial charge in [-0.25, -0.2) is 9.97 Å². The van der Waals surface area contributed by atoms with E-state index in [0.29, 0.717) is 0 Å². The molecule has 1 aromatic carbocycles. The van der Waals surface area contributed by atoms with E-state index >= 15 is 0 Å². The SMILES string of the molecule is CCCc1ncc2c(n1)CCN(Cc1ccc(-c3cccc(C)c3C)nc1)C2. The van der Waals surface area contributed by atoms with E-state index in [9.17, 15) is 0 Å². The second-order valence-corrected chi connectivity index (χ2v) is 7.77. The van der Waals surface area contributed by atoms with E-state index in [1.807, 2.05) is 12.4 Å². The van der Waals surface area contributed by atoms with Crippen LogP contribution in [0.5, 0.6) is 0 Å². The normalized spacial score (nSPS) is 14.1. The summed E-state index contributed by atoms with van der Waals surface area (Å²) in [5.74, 6) is 0.987. The van der Waals surface area contributed by atoms with Crippen molar-refractivity contribution in [3.8, 4) is 11.3 Å². The van der Waals surface area contributed by atoms with Gasteiger partial charge in [-0.1, -0.05) is 31.2 Å². The lowest BCUT2D eigenvalue weighted by Crippen LogP contribution is -2.31. The number of pyridine rings is 1. The minimum absolute atomic E-state index is 0.913. The molecule has 4 heteroatoms. The topological polar surface area (TPSA) is 41.9 Å². The molecular weight excluding hydrogens is 344 g/mol. The highest BCUT2D eigenvalue weighted by atomic mass is 15.1. The third-order valence-electron chi connectivity index (χ3n) is 5.65. The molecule has 0 aliphatic carbocycles. The second-order valence-electron chi connectivity index (χ2n) is 7.77. The molecule has 2 aromatic heterocycles. The van der Waals surface area contributed by atoms with Gasteiger partial charge in [-0.2, -0.15) is 0 Å². The Labute approximate surface area is 167 Å². The van der Waals surface area contributed by atoms with Crippen LogP contribution in [-0.4, -0.2) is 26.4 Å². The number of rotatable bonds is 5. The van der Waals surface area contributed by atoms with Crippen molar-refractivity contribution in [3.05, 3.63) is 76.5 Å². The maximum absolute atomic E-state index is 4.75. The zero-order chi connectivity index (χ0) is 19.5. The maximum atomic E-state index is 4.75. The van der Waals surface area contributed by atoms with Crippen molar-refractivity contribution < 1.29 is 0 Å². The molecule has 144 valence electrons. The van der Waals surface area contributed by atoms with E-state index in [1.54, 1.807) is 0 Å². The van der Waals surface area contributed by atoms with Gasteiger partial charge in [0.15, 0.2) is 0 Å². The Kier molecular flexibility index (Phi) is 5.49. The van der Waals surface area contributed by atoms with Crippen molar-refractivity contribution in [3.63, 3.8) is 0 Å². The van der Waals surface area contributed by atoms with Crippen LogP contribution in [0, 0.1) is 13.8 Å². The van der Waals surface area contributed by atoms with Gasteiger partial charge in [0.25, 0.3) is 0 Å². The fourth-order valence-electron chi connectivity index (χ4n) is 3.86. The van der Waals surface area contributed by atoms with Crippen LogP contribution in [-0.2, 0) is 25.9 Å². The molecule has 0 fully saturated rings. The quantitative estimate of drug-likeness (QED) is 0.653. The molecule has 0 radical (unpaired) electrons. The lowest BCUT2D eigenvalue weighted by molar-refractivity contribution is 0.242. The maximum Gasteiger partial charge on any atom is 0.128 e. The average molecular weight is 373 g/mol. The monoisotopic (exact) mass is 372 g/mol. The van der Waals surface area contributed by atoms with Gasteiger partial charge in [-0.15, -0.1) is 0 Å². The van der Waals surface area contributed by atoms with Crippen molar-refractivity contribution in [2.45, 2.75) is 53.1 Å². The van der Waals surface area contributed by atoms with Gasteiger partial charge in [0.2, 0.25) is 0 Å². The number of fused-ring (bicyclic) bond motifs is 1. The molecule has 4 nitrogen and oxygen atoms in total. The predicted molar refractivity (Wildman–Crippen MR) is 113 cm³/mol. The standard InChI is InChI=1S/C24H28N4/c1-4-6-24-26-14-20-16-28(12-11-22(20)27-24)15-19-9-10-23(25-13-19)21-8-5-7-17(2)18(21)3/h5,7-10,13-14H,4,6,11-12,15-16H2,1-3H3. The number of hydrogen-bond acceptors (Lipinski definition) is 4. The Balaban J connectivity index is 1.44. The summed E-state index contributed by atoms with van der Waals surface area (Å²) in [5.41, 5.74) is 8.63. The average Bonchev–Trinajstić information content (AvgIpc) is 2.71. The van der Waals surface area contributed by atoms with Gasteiger partial charge in [0.05, 0.1) is 5.69 Å². The summed E-state index contributed by atoms with van der Waals surface area (Å²) in [6.07, 6.45) is 7.11. The first-order chi connectivity index (χ1) is 13.6. The third kappa shape index (κ3) is 3.97. The van der Waals surface area contributed by atoms with Crippen molar-refractivity contribution in [2.24, 2.45) is 0 Å². The van der Waals surface area contributed by atoms with E-state index in [-0.39, 0.29) is 0 Å². The van der Waals surface area contributed by atoms with Crippen molar-refractivity contribution in [1.82, 2.24) is 19.9 Å². The molecule has 0 saturated carbocycles. The highest BCUT2D eigenvalue weighted by Gasteiger charge is 2.18. The van der Waals surface area contributed by atoms with Crippen LogP contribution in [0.15, 0.2) is 42.7 Å². The summed E-state index contributed by atoms with van der Waals surface area (Å²) in [7, 11) is 0. The summed E-state index contributed by atoms with van der Waals surface area (Å²) in [4.78, 5) is 16.5. The molecule has 1 aliphatic rings. The van der Waals surface area contributed by atoms with Gasteiger partial charge in [-0.05, 0) is 43.0 Å².